The Labute approximate surface area is 160 Å². The molecule has 2 amide bonds. The Morgan fingerprint density at radius 1 is 1.07 bits per heavy atom. The lowest BCUT2D eigenvalue weighted by Gasteiger charge is -2.19. The molecule has 3 rings (SSSR count). The molecule has 28 heavy (non-hydrogen) atoms. The van der Waals surface area contributed by atoms with Gasteiger partial charge in [0.2, 0.25) is 0 Å². The molecular weight excluding hydrogens is 373 g/mol. The zero-order chi connectivity index (χ0) is 20.1. The Morgan fingerprint density at radius 3 is 2.21 bits per heavy atom. The van der Waals surface area contributed by atoms with Gasteiger partial charge in [0.15, 0.2) is 0 Å². The first kappa shape index (κ1) is 19.9. The van der Waals surface area contributed by atoms with Crippen LogP contribution in [0.25, 0.3) is 0 Å². The summed E-state index contributed by atoms with van der Waals surface area (Å²) in [4.78, 5) is 12.3. The van der Waals surface area contributed by atoms with Crippen LogP contribution in [0.15, 0.2) is 48.5 Å². The zero-order valence-electron chi connectivity index (χ0n) is 15.3. The van der Waals surface area contributed by atoms with Crippen LogP contribution < -0.4 is 20.1 Å². The minimum atomic E-state index is -4.72. The third-order valence-electron chi connectivity index (χ3n) is 4.46. The van der Waals surface area contributed by atoms with E-state index in [0.717, 1.165) is 24.2 Å². The van der Waals surface area contributed by atoms with Crippen LogP contribution in [0.1, 0.15) is 30.0 Å². The Bertz CT molecular complexity index is 788. The molecule has 2 aromatic rings. The van der Waals surface area contributed by atoms with Gasteiger partial charge < -0.3 is 20.1 Å². The van der Waals surface area contributed by atoms with E-state index in [4.69, 9.17) is 4.74 Å². The van der Waals surface area contributed by atoms with Gasteiger partial charge >= 0.3 is 12.4 Å². The van der Waals surface area contributed by atoms with Crippen LogP contribution in [0.4, 0.5) is 18.0 Å². The first-order chi connectivity index (χ1) is 13.3. The summed E-state index contributed by atoms with van der Waals surface area (Å²) in [5.74, 6) is 0.854. The van der Waals surface area contributed by atoms with Crippen molar-refractivity contribution in [3.05, 3.63) is 59.7 Å². The molecule has 2 aromatic carbocycles. The Morgan fingerprint density at radius 2 is 1.68 bits per heavy atom. The van der Waals surface area contributed by atoms with E-state index in [1.807, 2.05) is 24.3 Å². The molecule has 150 valence electrons. The molecule has 2 N–H and O–H groups in total. The van der Waals surface area contributed by atoms with Crippen molar-refractivity contribution in [3.8, 4) is 11.5 Å². The maximum Gasteiger partial charge on any atom is 0.573 e. The highest BCUT2D eigenvalue weighted by molar-refractivity contribution is 5.74. The molecule has 1 saturated carbocycles. The molecule has 0 bridgehead atoms. The third kappa shape index (κ3) is 5.80. The predicted molar refractivity (Wildman–Crippen MR) is 97.0 cm³/mol. The largest absolute Gasteiger partial charge is 0.573 e. The second-order valence-corrected chi connectivity index (χ2v) is 6.61. The van der Waals surface area contributed by atoms with Crippen molar-refractivity contribution in [2.24, 2.45) is 5.92 Å². The monoisotopic (exact) mass is 394 g/mol. The number of carbonyl (C=O) groups excluding carboxylic acids is 1. The number of carbonyl (C=O) groups is 1. The van der Waals surface area contributed by atoms with E-state index in [1.54, 1.807) is 7.11 Å². The minimum Gasteiger partial charge on any atom is -0.497 e. The van der Waals surface area contributed by atoms with Crippen molar-refractivity contribution < 1.29 is 27.4 Å². The van der Waals surface area contributed by atoms with Gasteiger partial charge in [-0.3, -0.25) is 0 Å². The lowest BCUT2D eigenvalue weighted by molar-refractivity contribution is -0.274. The summed E-state index contributed by atoms with van der Waals surface area (Å²) in [6, 6.07) is 12.5. The smallest absolute Gasteiger partial charge is 0.497 e. The number of benzene rings is 2. The summed E-state index contributed by atoms with van der Waals surface area (Å²) in [7, 11) is 1.60. The highest BCUT2D eigenvalue weighted by Gasteiger charge is 2.33. The van der Waals surface area contributed by atoms with E-state index in [-0.39, 0.29) is 24.4 Å². The van der Waals surface area contributed by atoms with Crippen molar-refractivity contribution in [2.45, 2.75) is 31.8 Å². The molecule has 0 unspecified atom stereocenters. The second kappa shape index (κ2) is 8.41. The molecule has 1 aliphatic rings. The first-order valence-electron chi connectivity index (χ1n) is 8.87. The SMILES string of the molecule is COc1ccc([C@H](NC(=O)NCc2ccc(OC(F)(F)F)cc2)C2CC2)cc1. The number of urea groups is 1. The van der Waals surface area contributed by atoms with E-state index in [1.165, 1.54) is 24.3 Å². The number of methoxy groups -OCH3 is 1. The molecule has 0 aliphatic heterocycles. The van der Waals surface area contributed by atoms with E-state index in [0.29, 0.717) is 11.5 Å². The molecular formula is C20H21F3N2O3. The standard InChI is InChI=1S/C20H21F3N2O3/c1-27-16-10-6-15(7-11-16)18(14-4-5-14)25-19(26)24-12-13-2-8-17(9-3-13)28-20(21,22)23/h2-3,6-11,14,18H,4-5,12H2,1H3,(H2,24,25,26)/t18-/m1/s1. The molecule has 1 aliphatic carbocycles. The topological polar surface area (TPSA) is 59.6 Å². The van der Waals surface area contributed by atoms with Crippen molar-refractivity contribution in [2.75, 3.05) is 7.11 Å². The highest BCUT2D eigenvalue weighted by atomic mass is 19.4. The molecule has 0 aromatic heterocycles. The molecule has 0 heterocycles. The average molecular weight is 394 g/mol. The Kier molecular flexibility index (Phi) is 5.96. The molecule has 0 spiro atoms. The number of hydrogen-bond acceptors (Lipinski definition) is 3. The maximum absolute atomic E-state index is 12.3. The number of rotatable bonds is 7. The van der Waals surface area contributed by atoms with Gasteiger partial charge in [0, 0.05) is 6.54 Å². The van der Waals surface area contributed by atoms with E-state index >= 15 is 0 Å². The number of ether oxygens (including phenoxy) is 2. The molecule has 5 nitrogen and oxygen atoms in total. The van der Waals surface area contributed by atoms with Crippen LogP contribution in [0.2, 0.25) is 0 Å². The van der Waals surface area contributed by atoms with Gasteiger partial charge in [0.25, 0.3) is 0 Å². The molecule has 0 saturated heterocycles. The van der Waals surface area contributed by atoms with Gasteiger partial charge in [-0.15, -0.1) is 13.2 Å². The summed E-state index contributed by atoms with van der Waals surface area (Å²) in [6.07, 6.45) is -2.62. The molecule has 0 radical (unpaired) electrons. The van der Waals surface area contributed by atoms with Crippen molar-refractivity contribution >= 4 is 6.03 Å². The molecule has 1 fully saturated rings. The van der Waals surface area contributed by atoms with Crippen LogP contribution in [0, 0.1) is 5.92 Å². The molecule has 1 atom stereocenters. The fourth-order valence-corrected chi connectivity index (χ4v) is 2.90. The van der Waals surface area contributed by atoms with Crippen molar-refractivity contribution in [1.29, 1.82) is 0 Å². The third-order valence-corrected chi connectivity index (χ3v) is 4.46. The lowest BCUT2D eigenvalue weighted by Crippen LogP contribution is -2.38. The summed E-state index contributed by atoms with van der Waals surface area (Å²) in [5, 5.41) is 5.72. The number of nitrogens with one attached hydrogen (secondary N) is 2. The fourth-order valence-electron chi connectivity index (χ4n) is 2.90. The summed E-state index contributed by atoms with van der Waals surface area (Å²) in [5.41, 5.74) is 1.67. The summed E-state index contributed by atoms with van der Waals surface area (Å²) < 4.78 is 45.5. The Hall–Kier alpha value is -2.90. The maximum atomic E-state index is 12.3. The quantitative estimate of drug-likeness (QED) is 0.725. The van der Waals surface area contributed by atoms with Crippen LogP contribution >= 0.6 is 0 Å². The first-order valence-corrected chi connectivity index (χ1v) is 8.87. The van der Waals surface area contributed by atoms with Gasteiger partial charge in [0.1, 0.15) is 11.5 Å². The van der Waals surface area contributed by atoms with E-state index in [2.05, 4.69) is 15.4 Å². The Balaban J connectivity index is 1.53. The average Bonchev–Trinajstić information content (AvgIpc) is 3.49. The van der Waals surface area contributed by atoms with Gasteiger partial charge in [-0.05, 0) is 54.2 Å². The number of halogens is 3. The van der Waals surface area contributed by atoms with Crippen LogP contribution in [-0.2, 0) is 6.54 Å². The lowest BCUT2D eigenvalue weighted by atomic mass is 10.0. The zero-order valence-corrected chi connectivity index (χ0v) is 15.3. The van der Waals surface area contributed by atoms with Crippen molar-refractivity contribution in [3.63, 3.8) is 0 Å². The highest BCUT2D eigenvalue weighted by Crippen LogP contribution is 2.41. The second-order valence-electron chi connectivity index (χ2n) is 6.61. The summed E-state index contributed by atoms with van der Waals surface area (Å²) in [6.45, 7) is 0.193. The number of amides is 2. The summed E-state index contributed by atoms with van der Waals surface area (Å²) >= 11 is 0. The predicted octanol–water partition coefficient (Wildman–Crippen LogP) is 4.54. The van der Waals surface area contributed by atoms with E-state index in [9.17, 15) is 18.0 Å². The fraction of sp³-hybridized carbons (Fsp3) is 0.350. The van der Waals surface area contributed by atoms with Gasteiger partial charge in [-0.2, -0.15) is 0 Å². The minimum absolute atomic E-state index is 0.0894. The number of hydrogen-bond donors (Lipinski definition) is 2. The molecule has 8 heteroatoms. The normalized spacial score (nSPS) is 14.9. The van der Waals surface area contributed by atoms with Crippen LogP contribution in [-0.4, -0.2) is 19.5 Å². The van der Waals surface area contributed by atoms with Crippen LogP contribution in [0.5, 0.6) is 11.5 Å². The van der Waals surface area contributed by atoms with Crippen LogP contribution in [0.3, 0.4) is 0 Å². The van der Waals surface area contributed by atoms with Gasteiger partial charge in [0.05, 0.1) is 13.2 Å². The van der Waals surface area contributed by atoms with Gasteiger partial charge in [-0.1, -0.05) is 24.3 Å². The van der Waals surface area contributed by atoms with Gasteiger partial charge in [-0.25, -0.2) is 4.79 Å². The van der Waals surface area contributed by atoms with E-state index < -0.39 is 6.36 Å². The number of alkyl halides is 3. The van der Waals surface area contributed by atoms with Crippen molar-refractivity contribution in [1.82, 2.24) is 10.6 Å².